The number of esters is 1. The van der Waals surface area contributed by atoms with Crippen molar-refractivity contribution >= 4 is 11.9 Å². The second kappa shape index (κ2) is 5.33. The Morgan fingerprint density at radius 1 is 1.33 bits per heavy atom. The first-order chi connectivity index (χ1) is 10.1. The molecule has 2 aliphatic heterocycles. The Kier molecular flexibility index (Phi) is 3.51. The zero-order valence-electron chi connectivity index (χ0n) is 12.2. The maximum Gasteiger partial charge on any atom is 0.337 e. The van der Waals surface area contributed by atoms with Crippen LogP contribution in [0.4, 0.5) is 0 Å². The van der Waals surface area contributed by atoms with Gasteiger partial charge in [0.15, 0.2) is 0 Å². The normalized spacial score (nSPS) is 25.0. The van der Waals surface area contributed by atoms with Crippen LogP contribution in [0, 0.1) is 0 Å². The number of nitrogens with zero attached hydrogens (tertiary/aromatic N) is 2. The molecule has 2 atom stereocenters. The van der Waals surface area contributed by atoms with E-state index < -0.39 is 0 Å². The number of carbonyl (C=O) groups excluding carboxylic acids is 2. The minimum absolute atomic E-state index is 0.0164. The number of hydrazine groups is 1. The Morgan fingerprint density at radius 3 is 2.71 bits per heavy atom. The van der Waals surface area contributed by atoms with Gasteiger partial charge in [0.05, 0.1) is 18.2 Å². The monoisotopic (exact) mass is 286 g/mol. The molecule has 2 unspecified atom stereocenters. The molecule has 0 radical (unpaired) electrons. The summed E-state index contributed by atoms with van der Waals surface area (Å²) in [5.74, 6) is -0.344. The van der Waals surface area contributed by atoms with Gasteiger partial charge in [0, 0.05) is 18.7 Å². The van der Waals surface area contributed by atoms with Gasteiger partial charge in [-0.2, -0.15) is 5.01 Å². The molecule has 0 N–H and O–H groups in total. The molecule has 0 aromatic heterocycles. The molecule has 0 bridgehead atoms. The van der Waals surface area contributed by atoms with E-state index in [1.807, 2.05) is 42.3 Å². The maximum absolute atomic E-state index is 12.2. The molecule has 1 amide bonds. The fourth-order valence-electron chi connectivity index (χ4n) is 2.99. The topological polar surface area (TPSA) is 49.9 Å². The molecule has 0 aliphatic carbocycles. The second-order valence-electron chi connectivity index (χ2n) is 5.29. The minimum Gasteiger partial charge on any atom is -0.463 e. The van der Waals surface area contributed by atoms with Crippen LogP contribution in [0.2, 0.25) is 0 Å². The van der Waals surface area contributed by atoms with Gasteiger partial charge in [-0.15, -0.1) is 0 Å². The van der Waals surface area contributed by atoms with Crippen LogP contribution in [0.1, 0.15) is 31.9 Å². The first-order valence-electron chi connectivity index (χ1n) is 7.17. The van der Waals surface area contributed by atoms with E-state index in [9.17, 15) is 9.59 Å². The summed E-state index contributed by atoms with van der Waals surface area (Å²) in [5, 5.41) is 3.53. The summed E-state index contributed by atoms with van der Waals surface area (Å²) in [4.78, 5) is 24.3. The molecule has 0 saturated carbocycles. The summed E-state index contributed by atoms with van der Waals surface area (Å²) in [6.45, 7) is 4.09. The molecule has 0 spiro atoms. The molecular formula is C16H18N2O3. The minimum atomic E-state index is -0.360. The van der Waals surface area contributed by atoms with E-state index in [0.29, 0.717) is 18.6 Å². The molecule has 1 saturated heterocycles. The largest absolute Gasteiger partial charge is 0.463 e. The summed E-state index contributed by atoms with van der Waals surface area (Å²) in [5.41, 5.74) is 1.50. The first-order valence-corrected chi connectivity index (χ1v) is 7.17. The van der Waals surface area contributed by atoms with Crippen LogP contribution in [0.15, 0.2) is 42.1 Å². The summed E-state index contributed by atoms with van der Waals surface area (Å²) in [6, 6.07) is 9.54. The molecule has 1 aromatic carbocycles. The highest BCUT2D eigenvalue weighted by molar-refractivity contribution is 5.93. The van der Waals surface area contributed by atoms with Crippen molar-refractivity contribution in [1.82, 2.24) is 10.0 Å². The third-order valence-electron chi connectivity index (χ3n) is 3.87. The maximum atomic E-state index is 12.2. The fraction of sp³-hybridized carbons (Fsp3) is 0.375. The van der Waals surface area contributed by atoms with Gasteiger partial charge in [-0.05, 0) is 19.4 Å². The Balaban J connectivity index is 2.02. The Hall–Kier alpha value is -2.14. The van der Waals surface area contributed by atoms with Crippen LogP contribution < -0.4 is 0 Å². The van der Waals surface area contributed by atoms with Crippen molar-refractivity contribution < 1.29 is 14.3 Å². The zero-order valence-corrected chi connectivity index (χ0v) is 12.2. The molecule has 2 heterocycles. The number of hydrogen-bond acceptors (Lipinski definition) is 4. The molecule has 5 heteroatoms. The fourth-order valence-corrected chi connectivity index (χ4v) is 2.99. The van der Waals surface area contributed by atoms with Crippen LogP contribution in [0.5, 0.6) is 0 Å². The van der Waals surface area contributed by atoms with Gasteiger partial charge in [0.25, 0.3) is 0 Å². The summed E-state index contributed by atoms with van der Waals surface area (Å²) in [7, 11) is 0. The third-order valence-corrected chi connectivity index (χ3v) is 3.87. The zero-order chi connectivity index (χ0) is 15.0. The number of amides is 1. The van der Waals surface area contributed by atoms with E-state index in [1.165, 1.54) is 0 Å². The van der Waals surface area contributed by atoms with E-state index in [4.69, 9.17) is 4.74 Å². The van der Waals surface area contributed by atoms with Crippen molar-refractivity contribution in [3.8, 4) is 0 Å². The van der Waals surface area contributed by atoms with E-state index in [0.717, 1.165) is 5.56 Å². The number of fused-ring (bicyclic) bond motifs is 1. The molecule has 21 heavy (non-hydrogen) atoms. The van der Waals surface area contributed by atoms with Crippen LogP contribution in [0.25, 0.3) is 0 Å². The highest BCUT2D eigenvalue weighted by atomic mass is 16.5. The number of rotatable bonds is 3. The van der Waals surface area contributed by atoms with E-state index in [1.54, 1.807) is 18.1 Å². The van der Waals surface area contributed by atoms with Crippen molar-refractivity contribution in [3.05, 3.63) is 47.7 Å². The molecule has 1 fully saturated rings. The van der Waals surface area contributed by atoms with Gasteiger partial charge in [0.1, 0.15) is 0 Å². The predicted octanol–water partition coefficient (Wildman–Crippen LogP) is 2.03. The van der Waals surface area contributed by atoms with Crippen molar-refractivity contribution in [3.63, 3.8) is 0 Å². The lowest BCUT2D eigenvalue weighted by Gasteiger charge is -2.30. The first kappa shape index (κ1) is 13.8. The van der Waals surface area contributed by atoms with Gasteiger partial charge in [-0.25, -0.2) is 9.80 Å². The SMILES string of the molecule is CCOC(=O)C1=CN2C(=O)CC(C)N2C1c1ccccc1. The van der Waals surface area contributed by atoms with Gasteiger partial charge >= 0.3 is 5.97 Å². The number of hydrogen-bond donors (Lipinski definition) is 0. The van der Waals surface area contributed by atoms with Gasteiger partial charge in [0.2, 0.25) is 5.91 Å². The molecule has 5 nitrogen and oxygen atoms in total. The van der Waals surface area contributed by atoms with E-state index >= 15 is 0 Å². The standard InChI is InChI=1S/C16H18N2O3/c1-3-21-16(20)13-10-17-14(19)9-11(2)18(17)15(13)12-7-5-4-6-8-12/h4-8,10-11,15H,3,9H2,1-2H3. The van der Waals surface area contributed by atoms with Crippen molar-refractivity contribution in [2.45, 2.75) is 32.4 Å². The highest BCUT2D eigenvalue weighted by Gasteiger charge is 2.47. The Bertz CT molecular complexity index is 597. The molecule has 110 valence electrons. The van der Waals surface area contributed by atoms with Crippen molar-refractivity contribution in [2.24, 2.45) is 0 Å². The van der Waals surface area contributed by atoms with Crippen molar-refractivity contribution in [1.29, 1.82) is 0 Å². The van der Waals surface area contributed by atoms with Gasteiger partial charge in [-0.3, -0.25) is 4.79 Å². The molecule has 2 aliphatic rings. The highest BCUT2D eigenvalue weighted by Crippen LogP contribution is 2.42. The lowest BCUT2D eigenvalue weighted by molar-refractivity contribution is -0.140. The second-order valence-corrected chi connectivity index (χ2v) is 5.29. The molecule has 3 rings (SSSR count). The lowest BCUT2D eigenvalue weighted by atomic mass is 9.98. The van der Waals surface area contributed by atoms with E-state index in [2.05, 4.69) is 0 Å². The Morgan fingerprint density at radius 2 is 2.05 bits per heavy atom. The van der Waals surface area contributed by atoms with Gasteiger partial charge in [-0.1, -0.05) is 30.3 Å². The predicted molar refractivity (Wildman–Crippen MR) is 76.7 cm³/mol. The quantitative estimate of drug-likeness (QED) is 0.798. The molecular weight excluding hydrogens is 268 g/mol. The van der Waals surface area contributed by atoms with Crippen LogP contribution in [-0.4, -0.2) is 34.5 Å². The third kappa shape index (κ3) is 2.23. The number of ether oxygens (including phenoxy) is 1. The van der Waals surface area contributed by atoms with E-state index in [-0.39, 0.29) is 24.0 Å². The summed E-state index contributed by atoms with van der Waals surface area (Å²) >= 11 is 0. The van der Waals surface area contributed by atoms with Crippen molar-refractivity contribution in [2.75, 3.05) is 6.61 Å². The average molecular weight is 286 g/mol. The van der Waals surface area contributed by atoms with Crippen LogP contribution >= 0.6 is 0 Å². The van der Waals surface area contributed by atoms with Crippen LogP contribution in [0.3, 0.4) is 0 Å². The smallest absolute Gasteiger partial charge is 0.337 e. The van der Waals surface area contributed by atoms with Crippen LogP contribution in [-0.2, 0) is 14.3 Å². The van der Waals surface area contributed by atoms with Gasteiger partial charge < -0.3 is 4.74 Å². The molecule has 1 aromatic rings. The summed E-state index contributed by atoms with van der Waals surface area (Å²) < 4.78 is 5.14. The lowest BCUT2D eigenvalue weighted by Crippen LogP contribution is -2.37. The Labute approximate surface area is 123 Å². The average Bonchev–Trinajstić information content (AvgIpc) is 3.00. The number of carbonyl (C=O) groups is 2. The summed E-state index contributed by atoms with van der Waals surface area (Å²) in [6.07, 6.45) is 2.09. The number of benzene rings is 1.